The van der Waals surface area contributed by atoms with E-state index in [1.54, 1.807) is 29.2 Å². The van der Waals surface area contributed by atoms with Crippen LogP contribution in [0.2, 0.25) is 0 Å². The highest BCUT2D eigenvalue weighted by Crippen LogP contribution is 2.42. The van der Waals surface area contributed by atoms with Crippen molar-refractivity contribution in [1.82, 2.24) is 25.8 Å². The number of carbonyl (C=O) groups excluding carboxylic acids is 4. The maximum atomic E-state index is 14.1. The number of likely N-dealkylation sites (tertiary alicyclic amines) is 2. The summed E-state index contributed by atoms with van der Waals surface area (Å²) in [6, 6.07) is 27.3. The highest BCUT2D eigenvalue weighted by atomic mass is 16.5. The van der Waals surface area contributed by atoms with E-state index in [9.17, 15) is 19.2 Å². The van der Waals surface area contributed by atoms with Crippen LogP contribution in [0.25, 0.3) is 0 Å². The molecule has 8 atom stereocenters. The molecule has 4 amide bonds. The molecule has 322 valence electrons. The van der Waals surface area contributed by atoms with Crippen molar-refractivity contribution in [3.63, 3.8) is 0 Å². The standard InChI is InChI=1S/C50H67N5O5/c1-3-5-7-9-17-27-51-45-33-55(34-46(45)60-28-18-10-8-6-4-2)50(59)38-25-23-37(24-26-38)49(58)54-31-41(47(56)52-43-29-39(43)35-19-13-11-14-20-35)42(32-54)48(57)53-44-30-40(44)36-21-15-12-16-22-36/h11-16,19-26,39-46,51H,3-10,17-18,27-34H2,1-2H3,(H,52,56)(H,53,57)/t39-,40-,41-,42-,43?,44?,45+,46+/m1/s1. The third-order valence-corrected chi connectivity index (χ3v) is 13.2. The molecule has 2 aliphatic heterocycles. The van der Waals surface area contributed by atoms with Gasteiger partial charge in [0.05, 0.1) is 24.0 Å². The minimum Gasteiger partial charge on any atom is -0.375 e. The number of unbranched alkanes of at least 4 members (excludes halogenated alkanes) is 8. The lowest BCUT2D eigenvalue weighted by atomic mass is 9.94. The first kappa shape index (κ1) is 43.5. The summed E-state index contributed by atoms with van der Waals surface area (Å²) in [5.41, 5.74) is 3.34. The maximum Gasteiger partial charge on any atom is 0.253 e. The Morgan fingerprint density at radius 3 is 1.52 bits per heavy atom. The monoisotopic (exact) mass is 818 g/mol. The molecule has 2 heterocycles. The largest absolute Gasteiger partial charge is 0.375 e. The predicted octanol–water partition coefficient (Wildman–Crippen LogP) is 7.46. The smallest absolute Gasteiger partial charge is 0.253 e. The van der Waals surface area contributed by atoms with Crippen molar-refractivity contribution in [2.75, 3.05) is 39.3 Å². The van der Waals surface area contributed by atoms with Crippen LogP contribution in [0.15, 0.2) is 84.9 Å². The predicted molar refractivity (Wildman–Crippen MR) is 236 cm³/mol. The van der Waals surface area contributed by atoms with Gasteiger partial charge in [-0.15, -0.1) is 0 Å². The normalized spacial score (nSPS) is 25.6. The minimum absolute atomic E-state index is 0.0129. The summed E-state index contributed by atoms with van der Waals surface area (Å²) in [6.07, 6.45) is 13.6. The van der Waals surface area contributed by atoms with E-state index < -0.39 is 11.8 Å². The van der Waals surface area contributed by atoms with Gasteiger partial charge in [-0.3, -0.25) is 19.2 Å². The Bertz CT molecular complexity index is 1760. The molecule has 0 bridgehead atoms. The lowest BCUT2D eigenvalue weighted by Crippen LogP contribution is -2.43. The molecule has 0 aromatic heterocycles. The average Bonchev–Trinajstić information content (AvgIpc) is 4.13. The van der Waals surface area contributed by atoms with Crippen LogP contribution in [0.5, 0.6) is 0 Å². The number of hydrogen-bond acceptors (Lipinski definition) is 6. The van der Waals surface area contributed by atoms with E-state index in [1.165, 1.54) is 56.1 Å². The van der Waals surface area contributed by atoms with Crippen LogP contribution in [0.4, 0.5) is 0 Å². The van der Waals surface area contributed by atoms with E-state index in [0.717, 1.165) is 38.6 Å². The summed E-state index contributed by atoms with van der Waals surface area (Å²) in [5.74, 6) is -1.51. The Labute approximate surface area is 357 Å². The van der Waals surface area contributed by atoms with E-state index >= 15 is 0 Å². The molecular formula is C50H67N5O5. The first-order chi connectivity index (χ1) is 29.3. The van der Waals surface area contributed by atoms with Gasteiger partial charge in [0.1, 0.15) is 0 Å². The molecule has 60 heavy (non-hydrogen) atoms. The lowest BCUT2D eigenvalue weighted by molar-refractivity contribution is -0.133. The quantitative estimate of drug-likeness (QED) is 0.0907. The van der Waals surface area contributed by atoms with E-state index in [2.05, 4.69) is 54.1 Å². The van der Waals surface area contributed by atoms with Crippen molar-refractivity contribution < 1.29 is 23.9 Å². The molecular weight excluding hydrogens is 751 g/mol. The fourth-order valence-corrected chi connectivity index (χ4v) is 9.31. The molecule has 2 saturated carbocycles. The molecule has 10 nitrogen and oxygen atoms in total. The molecule has 0 radical (unpaired) electrons. The second-order valence-corrected chi connectivity index (χ2v) is 17.7. The van der Waals surface area contributed by atoms with E-state index in [4.69, 9.17) is 4.74 Å². The van der Waals surface area contributed by atoms with Crippen molar-refractivity contribution in [3.05, 3.63) is 107 Å². The van der Waals surface area contributed by atoms with Gasteiger partial charge in [0.25, 0.3) is 11.8 Å². The van der Waals surface area contributed by atoms with Crippen molar-refractivity contribution in [2.45, 2.75) is 127 Å². The van der Waals surface area contributed by atoms with Gasteiger partial charge < -0.3 is 30.5 Å². The van der Waals surface area contributed by atoms with E-state index in [0.29, 0.717) is 30.8 Å². The first-order valence-corrected chi connectivity index (χ1v) is 23.1. The number of rotatable bonds is 22. The van der Waals surface area contributed by atoms with Gasteiger partial charge in [0, 0.05) is 67.8 Å². The third kappa shape index (κ3) is 11.4. The zero-order chi connectivity index (χ0) is 41.8. The van der Waals surface area contributed by atoms with Crippen molar-refractivity contribution in [2.24, 2.45) is 11.8 Å². The van der Waals surface area contributed by atoms with Gasteiger partial charge in [-0.1, -0.05) is 126 Å². The Kier molecular flexibility index (Phi) is 15.5. The number of hydrogen-bond donors (Lipinski definition) is 3. The maximum absolute atomic E-state index is 14.1. The van der Waals surface area contributed by atoms with Crippen molar-refractivity contribution in [3.8, 4) is 0 Å². The lowest BCUT2D eigenvalue weighted by Gasteiger charge is -2.20. The Morgan fingerprint density at radius 1 is 0.550 bits per heavy atom. The van der Waals surface area contributed by atoms with Crippen molar-refractivity contribution >= 4 is 23.6 Å². The Balaban J connectivity index is 0.968. The molecule has 2 aliphatic carbocycles. The minimum atomic E-state index is -0.666. The summed E-state index contributed by atoms with van der Waals surface area (Å²) in [7, 11) is 0. The van der Waals surface area contributed by atoms with E-state index in [-0.39, 0.29) is 72.8 Å². The molecule has 7 rings (SSSR count). The molecule has 3 aromatic carbocycles. The van der Waals surface area contributed by atoms with Crippen LogP contribution >= 0.6 is 0 Å². The average molecular weight is 818 g/mol. The molecule has 3 aromatic rings. The number of nitrogens with zero attached hydrogens (tertiary/aromatic N) is 2. The summed E-state index contributed by atoms with van der Waals surface area (Å²) in [4.78, 5) is 59.3. The first-order valence-electron chi connectivity index (χ1n) is 23.1. The summed E-state index contributed by atoms with van der Waals surface area (Å²) >= 11 is 0. The highest BCUT2D eigenvalue weighted by molar-refractivity contribution is 5.99. The van der Waals surface area contributed by atoms with Gasteiger partial charge in [-0.05, 0) is 67.6 Å². The topological polar surface area (TPSA) is 120 Å². The highest BCUT2D eigenvalue weighted by Gasteiger charge is 2.49. The Morgan fingerprint density at radius 2 is 1.02 bits per heavy atom. The SMILES string of the molecule is CCCCCCCN[C@H]1CN(C(=O)c2ccc(C(=O)N3C[C@@H](C(=O)NC4C[C@@H]4c4ccccc4)[C@H](C(=O)NC4C[C@@H]4c4ccccc4)C3)cc2)C[C@@H]1OCCCCCCC. The second-order valence-electron chi connectivity index (χ2n) is 17.7. The fraction of sp³-hybridized carbons (Fsp3) is 0.560. The fourth-order valence-electron chi connectivity index (χ4n) is 9.31. The summed E-state index contributed by atoms with van der Waals surface area (Å²) < 4.78 is 6.40. The van der Waals surface area contributed by atoms with Crippen molar-refractivity contribution in [1.29, 1.82) is 0 Å². The van der Waals surface area contributed by atoms with Crippen LogP contribution in [0.1, 0.15) is 135 Å². The Hall–Kier alpha value is -4.54. The number of carbonyl (C=O) groups is 4. The van der Waals surface area contributed by atoms with Crippen LogP contribution < -0.4 is 16.0 Å². The van der Waals surface area contributed by atoms with Crippen LogP contribution in [0, 0.1) is 11.8 Å². The van der Waals surface area contributed by atoms with Crippen LogP contribution in [-0.2, 0) is 14.3 Å². The van der Waals surface area contributed by atoms with E-state index in [1.807, 2.05) is 41.3 Å². The summed E-state index contributed by atoms with van der Waals surface area (Å²) in [6.45, 7) is 7.48. The van der Waals surface area contributed by atoms with Gasteiger partial charge in [-0.2, -0.15) is 0 Å². The number of nitrogens with one attached hydrogen (secondary N) is 3. The van der Waals surface area contributed by atoms with Gasteiger partial charge in [-0.25, -0.2) is 0 Å². The van der Waals surface area contributed by atoms with Gasteiger partial charge in [0.15, 0.2) is 0 Å². The summed E-state index contributed by atoms with van der Waals surface area (Å²) in [5, 5.41) is 10.1. The zero-order valence-electron chi connectivity index (χ0n) is 35.9. The number of benzene rings is 3. The molecule has 2 saturated heterocycles. The van der Waals surface area contributed by atoms with Crippen LogP contribution in [-0.4, -0.2) is 97.0 Å². The zero-order valence-corrected chi connectivity index (χ0v) is 35.9. The number of ether oxygens (including phenoxy) is 1. The molecule has 2 unspecified atom stereocenters. The molecule has 3 N–H and O–H groups in total. The van der Waals surface area contributed by atoms with Gasteiger partial charge in [0.2, 0.25) is 11.8 Å². The molecule has 4 fully saturated rings. The van der Waals surface area contributed by atoms with Gasteiger partial charge >= 0.3 is 0 Å². The molecule has 0 spiro atoms. The second kappa shape index (κ2) is 21.3. The molecule has 10 heteroatoms. The molecule has 4 aliphatic rings. The number of amides is 4. The third-order valence-electron chi connectivity index (χ3n) is 13.2. The van der Waals surface area contributed by atoms with Crippen LogP contribution in [0.3, 0.4) is 0 Å².